The summed E-state index contributed by atoms with van der Waals surface area (Å²) in [5, 5.41) is 4.20. The van der Waals surface area contributed by atoms with Gasteiger partial charge in [-0.05, 0) is 90.7 Å². The van der Waals surface area contributed by atoms with E-state index in [2.05, 4.69) is 24.1 Å². The second-order valence-corrected chi connectivity index (χ2v) is 12.3. The van der Waals surface area contributed by atoms with Gasteiger partial charge in [-0.15, -0.1) is 0 Å². The van der Waals surface area contributed by atoms with Crippen molar-refractivity contribution in [3.8, 4) is 11.1 Å². The van der Waals surface area contributed by atoms with Crippen molar-refractivity contribution in [1.29, 1.82) is 0 Å². The minimum atomic E-state index is -3.21. The summed E-state index contributed by atoms with van der Waals surface area (Å²) in [6.07, 6.45) is 3.27. The number of carbonyl (C=O) groups is 1. The van der Waals surface area contributed by atoms with Crippen LogP contribution in [0.1, 0.15) is 61.0 Å². The van der Waals surface area contributed by atoms with Crippen molar-refractivity contribution < 1.29 is 17.6 Å². The number of fused-ring (bicyclic) bond motifs is 1. The molecule has 1 saturated heterocycles. The lowest BCUT2D eigenvalue weighted by molar-refractivity contribution is 0.100. The number of H-pyrrole nitrogens is 1. The normalized spacial score (nSPS) is 15.7. The van der Waals surface area contributed by atoms with E-state index in [1.54, 1.807) is 17.3 Å². The van der Waals surface area contributed by atoms with Crippen molar-refractivity contribution in [2.45, 2.75) is 46.1 Å². The van der Waals surface area contributed by atoms with Gasteiger partial charge in [-0.25, -0.2) is 17.1 Å². The van der Waals surface area contributed by atoms with Gasteiger partial charge < -0.3 is 16.0 Å². The molecule has 0 bridgehead atoms. The summed E-state index contributed by atoms with van der Waals surface area (Å²) in [4.78, 5) is 15.6. The molecule has 2 heterocycles. The van der Waals surface area contributed by atoms with Gasteiger partial charge in [0, 0.05) is 31.2 Å². The van der Waals surface area contributed by atoms with Gasteiger partial charge in [-0.2, -0.15) is 0 Å². The van der Waals surface area contributed by atoms with Gasteiger partial charge in [0.1, 0.15) is 5.82 Å². The number of piperidine rings is 1. The highest BCUT2D eigenvalue weighted by Gasteiger charge is 2.29. The highest BCUT2D eigenvalue weighted by Crippen LogP contribution is 2.37. The summed E-state index contributed by atoms with van der Waals surface area (Å²) in [6, 6.07) is 8.61. The number of nitrogens with one attached hydrogen (secondary N) is 2. The first-order chi connectivity index (χ1) is 17.1. The number of carbonyl (C=O) groups excluding carboxylic acids is 1. The SMILES string of the molecule is CCS(=O)(=O)N1CCC(c2c[nH]c3c(C(N)=O)cc(-c4cc(F)cc(CNCC(C)C)c4)cc23)CC1. The Morgan fingerprint density at radius 1 is 1.17 bits per heavy atom. The third-order valence-corrected chi connectivity index (χ3v) is 8.79. The van der Waals surface area contributed by atoms with Crippen LogP contribution in [0.4, 0.5) is 4.39 Å². The smallest absolute Gasteiger partial charge is 0.250 e. The van der Waals surface area contributed by atoms with Gasteiger partial charge in [0.2, 0.25) is 10.0 Å². The Bertz CT molecular complexity index is 1360. The molecular weight excluding hydrogens is 479 g/mol. The van der Waals surface area contributed by atoms with Crippen LogP contribution >= 0.6 is 0 Å². The number of primary amides is 1. The lowest BCUT2D eigenvalue weighted by Crippen LogP contribution is -2.38. The van der Waals surface area contributed by atoms with E-state index in [-0.39, 0.29) is 17.5 Å². The lowest BCUT2D eigenvalue weighted by Gasteiger charge is -2.31. The number of sulfonamides is 1. The average Bonchev–Trinajstić information content (AvgIpc) is 3.27. The van der Waals surface area contributed by atoms with Crippen LogP contribution in [0.5, 0.6) is 0 Å². The van der Waals surface area contributed by atoms with Crippen LogP contribution in [-0.4, -0.2) is 49.0 Å². The van der Waals surface area contributed by atoms with E-state index in [1.807, 2.05) is 18.3 Å². The molecule has 0 spiro atoms. The zero-order valence-corrected chi connectivity index (χ0v) is 21.9. The first kappa shape index (κ1) is 26.3. The highest BCUT2D eigenvalue weighted by atomic mass is 32.2. The molecule has 3 aromatic rings. The number of hydrogen-bond donors (Lipinski definition) is 3. The fourth-order valence-electron chi connectivity index (χ4n) is 5.00. The molecule has 1 fully saturated rings. The molecular formula is C27H35FN4O3S. The van der Waals surface area contributed by atoms with E-state index in [0.29, 0.717) is 60.6 Å². The molecule has 4 rings (SSSR count). The zero-order chi connectivity index (χ0) is 26.0. The molecule has 0 unspecified atom stereocenters. The molecule has 1 aliphatic heterocycles. The van der Waals surface area contributed by atoms with Crippen LogP contribution in [0.15, 0.2) is 36.5 Å². The van der Waals surface area contributed by atoms with Crippen molar-refractivity contribution in [2.75, 3.05) is 25.4 Å². The molecule has 1 aromatic heterocycles. The van der Waals surface area contributed by atoms with Crippen LogP contribution in [0.2, 0.25) is 0 Å². The van der Waals surface area contributed by atoms with E-state index in [0.717, 1.165) is 23.1 Å². The summed E-state index contributed by atoms with van der Waals surface area (Å²) in [7, 11) is -3.21. The van der Waals surface area contributed by atoms with Crippen LogP contribution in [0.25, 0.3) is 22.0 Å². The Labute approximate surface area is 212 Å². The summed E-state index contributed by atoms with van der Waals surface area (Å²) >= 11 is 0. The third kappa shape index (κ3) is 5.63. The van der Waals surface area contributed by atoms with Gasteiger partial charge in [-0.1, -0.05) is 13.8 Å². The second kappa shape index (κ2) is 10.7. The van der Waals surface area contributed by atoms with Crippen LogP contribution in [0.3, 0.4) is 0 Å². The summed E-state index contributed by atoms with van der Waals surface area (Å²) in [5.74, 6) is -0.179. The first-order valence-electron chi connectivity index (χ1n) is 12.5. The second-order valence-electron chi connectivity index (χ2n) is 10.0. The predicted octanol–water partition coefficient (Wildman–Crippen LogP) is 4.35. The molecule has 1 amide bonds. The quantitative estimate of drug-likeness (QED) is 0.395. The number of hydrogen-bond acceptors (Lipinski definition) is 4. The Morgan fingerprint density at radius 2 is 1.86 bits per heavy atom. The number of halogens is 1. The van der Waals surface area contributed by atoms with E-state index in [1.165, 1.54) is 12.1 Å². The number of aromatic nitrogens is 1. The largest absolute Gasteiger partial charge is 0.366 e. The molecule has 194 valence electrons. The van der Waals surface area contributed by atoms with Gasteiger partial charge in [0.25, 0.3) is 5.91 Å². The number of benzene rings is 2. The van der Waals surface area contributed by atoms with Crippen molar-refractivity contribution in [3.05, 3.63) is 59.0 Å². The Balaban J connectivity index is 1.70. The summed E-state index contributed by atoms with van der Waals surface area (Å²) in [5.41, 5.74) is 9.98. The van der Waals surface area contributed by atoms with E-state index in [4.69, 9.17) is 5.73 Å². The first-order valence-corrected chi connectivity index (χ1v) is 14.1. The van der Waals surface area contributed by atoms with Gasteiger partial charge in [-0.3, -0.25) is 4.79 Å². The van der Waals surface area contributed by atoms with Crippen molar-refractivity contribution in [1.82, 2.24) is 14.6 Å². The standard InChI is InChI=1S/C27H35FN4O3S/c1-4-36(34,35)32-7-5-19(6-8-32)25-16-31-26-23(25)12-21(13-24(26)27(29)33)20-9-18(10-22(28)11-20)15-30-14-17(2)3/h9-13,16-17,19,30-31H,4-8,14-15H2,1-3H3,(H2,29,33). The number of amides is 1. The third-order valence-electron chi connectivity index (χ3n) is 6.91. The maximum absolute atomic E-state index is 14.6. The van der Waals surface area contributed by atoms with Gasteiger partial charge in [0.05, 0.1) is 16.8 Å². The monoisotopic (exact) mass is 514 g/mol. The lowest BCUT2D eigenvalue weighted by atomic mass is 9.88. The molecule has 0 aliphatic carbocycles. The number of aromatic amines is 1. The van der Waals surface area contributed by atoms with Crippen molar-refractivity contribution >= 4 is 26.8 Å². The predicted molar refractivity (Wildman–Crippen MR) is 142 cm³/mol. The molecule has 0 radical (unpaired) electrons. The average molecular weight is 515 g/mol. The van der Waals surface area contributed by atoms with Gasteiger partial charge >= 0.3 is 0 Å². The number of nitrogens with zero attached hydrogens (tertiary/aromatic N) is 1. The maximum atomic E-state index is 14.6. The molecule has 0 atom stereocenters. The van der Waals surface area contributed by atoms with Crippen molar-refractivity contribution in [3.63, 3.8) is 0 Å². The minimum absolute atomic E-state index is 0.0959. The van der Waals surface area contributed by atoms with Crippen LogP contribution in [0, 0.1) is 11.7 Å². The molecule has 2 aromatic carbocycles. The molecule has 0 saturated carbocycles. The van der Waals surface area contributed by atoms with Crippen LogP contribution in [-0.2, 0) is 16.6 Å². The number of rotatable bonds is 9. The Morgan fingerprint density at radius 3 is 2.50 bits per heavy atom. The Hall–Kier alpha value is -2.75. The molecule has 4 N–H and O–H groups in total. The summed E-state index contributed by atoms with van der Waals surface area (Å²) in [6.45, 7) is 8.19. The molecule has 1 aliphatic rings. The molecule has 36 heavy (non-hydrogen) atoms. The zero-order valence-electron chi connectivity index (χ0n) is 21.1. The van der Waals surface area contributed by atoms with E-state index < -0.39 is 15.9 Å². The molecule has 9 heteroatoms. The van der Waals surface area contributed by atoms with E-state index >= 15 is 0 Å². The van der Waals surface area contributed by atoms with E-state index in [9.17, 15) is 17.6 Å². The maximum Gasteiger partial charge on any atom is 0.250 e. The topological polar surface area (TPSA) is 108 Å². The molecule has 7 nitrogen and oxygen atoms in total. The Kier molecular flexibility index (Phi) is 7.82. The fourth-order valence-corrected chi connectivity index (χ4v) is 6.14. The van der Waals surface area contributed by atoms with Crippen molar-refractivity contribution in [2.24, 2.45) is 11.7 Å². The summed E-state index contributed by atoms with van der Waals surface area (Å²) < 4.78 is 40.7. The highest BCUT2D eigenvalue weighted by molar-refractivity contribution is 7.89. The van der Waals surface area contributed by atoms with Gasteiger partial charge in [0.15, 0.2) is 0 Å². The fraction of sp³-hybridized carbons (Fsp3) is 0.444. The number of nitrogens with two attached hydrogens (primary N) is 1. The minimum Gasteiger partial charge on any atom is -0.366 e. The van der Waals surface area contributed by atoms with Crippen LogP contribution < -0.4 is 11.1 Å².